The van der Waals surface area contributed by atoms with Gasteiger partial charge in [0.1, 0.15) is 18.1 Å². The lowest BCUT2D eigenvalue weighted by Gasteiger charge is -2.19. The quantitative estimate of drug-likeness (QED) is 0.0194. The lowest BCUT2D eigenvalue weighted by atomic mass is 10.0. The Morgan fingerprint density at radius 3 is 2.05 bits per heavy atom. The van der Waals surface area contributed by atoms with Gasteiger partial charge in [-0.05, 0) is 82.8 Å². The molecule has 1 unspecified atom stereocenters. The summed E-state index contributed by atoms with van der Waals surface area (Å²) in [7, 11) is -4.42. The summed E-state index contributed by atoms with van der Waals surface area (Å²) in [6.07, 6.45) is 32.9. The SMILES string of the molecule is CCCCC/C=C\C=C/[C@@H](O)C/C=C\C/C=C/CCCC(=O)OC[C@H](COP(=O)(O)OCCN)OC(=O)CCCCCCCCc1oc(CCCCC)c(C)c1C. The Labute approximate surface area is 344 Å². The molecule has 1 aromatic rings. The summed E-state index contributed by atoms with van der Waals surface area (Å²) in [5, 5.41) is 10.1. The zero-order valence-electron chi connectivity index (χ0n) is 35.6. The number of furan rings is 1. The minimum atomic E-state index is -4.42. The van der Waals surface area contributed by atoms with E-state index < -0.39 is 38.6 Å². The third-order valence-corrected chi connectivity index (χ3v) is 10.5. The second kappa shape index (κ2) is 34.1. The number of carbonyl (C=O) groups excluding carboxylic acids is 2. The number of esters is 2. The number of hydrogen-bond donors (Lipinski definition) is 3. The minimum Gasteiger partial charge on any atom is -0.466 e. The van der Waals surface area contributed by atoms with Crippen molar-refractivity contribution in [3.63, 3.8) is 0 Å². The number of rotatable bonds is 36. The van der Waals surface area contributed by atoms with Crippen molar-refractivity contribution in [2.45, 2.75) is 175 Å². The number of aryl methyl sites for hydroxylation is 2. The smallest absolute Gasteiger partial charge is 0.466 e. The average Bonchev–Trinajstić information content (AvgIpc) is 3.45. The fourth-order valence-corrected chi connectivity index (χ4v) is 6.71. The lowest BCUT2D eigenvalue weighted by Crippen LogP contribution is -2.29. The number of unbranched alkanes of at least 4 members (excludes halogenated alkanes) is 11. The maximum Gasteiger partial charge on any atom is 0.472 e. The average molecular weight is 822 g/mol. The van der Waals surface area contributed by atoms with Crippen LogP contribution in [0.4, 0.5) is 0 Å². The monoisotopic (exact) mass is 822 g/mol. The number of carbonyl (C=O) groups is 2. The molecule has 11 nitrogen and oxygen atoms in total. The maximum absolute atomic E-state index is 12.7. The van der Waals surface area contributed by atoms with Crippen molar-refractivity contribution < 1.29 is 47.1 Å². The topological polar surface area (TPSA) is 168 Å². The van der Waals surface area contributed by atoms with E-state index in [4.69, 9.17) is 28.7 Å². The van der Waals surface area contributed by atoms with Crippen LogP contribution in [-0.4, -0.2) is 60.5 Å². The van der Waals surface area contributed by atoms with Crippen LogP contribution in [0.3, 0.4) is 0 Å². The number of phosphoric ester groups is 1. The summed E-state index contributed by atoms with van der Waals surface area (Å²) < 4.78 is 38.9. The Kier molecular flexibility index (Phi) is 31.3. The van der Waals surface area contributed by atoms with Crippen molar-refractivity contribution in [2.75, 3.05) is 26.4 Å². The predicted molar refractivity (Wildman–Crippen MR) is 229 cm³/mol. The first-order chi connectivity index (χ1) is 27.5. The molecular formula is C45H76NO10P. The highest BCUT2D eigenvalue weighted by molar-refractivity contribution is 7.47. The molecule has 0 fully saturated rings. The van der Waals surface area contributed by atoms with Crippen molar-refractivity contribution in [2.24, 2.45) is 5.73 Å². The zero-order chi connectivity index (χ0) is 42.0. The van der Waals surface area contributed by atoms with E-state index in [1.807, 2.05) is 36.5 Å². The van der Waals surface area contributed by atoms with E-state index in [9.17, 15) is 24.2 Å². The minimum absolute atomic E-state index is 0.0265. The zero-order valence-corrected chi connectivity index (χ0v) is 36.5. The van der Waals surface area contributed by atoms with Gasteiger partial charge in [-0.3, -0.25) is 18.6 Å². The highest BCUT2D eigenvalue weighted by Gasteiger charge is 2.26. The van der Waals surface area contributed by atoms with E-state index in [0.29, 0.717) is 25.7 Å². The van der Waals surface area contributed by atoms with Crippen LogP contribution in [-0.2, 0) is 45.5 Å². The second-order valence-corrected chi connectivity index (χ2v) is 16.1. The van der Waals surface area contributed by atoms with Crippen LogP contribution >= 0.6 is 7.82 Å². The third-order valence-electron chi connectivity index (χ3n) is 9.50. The molecule has 0 radical (unpaired) electrons. The number of allylic oxidation sites excluding steroid dienone is 6. The van der Waals surface area contributed by atoms with E-state index in [2.05, 4.69) is 33.8 Å². The molecule has 57 heavy (non-hydrogen) atoms. The van der Waals surface area contributed by atoms with Gasteiger partial charge in [0.2, 0.25) is 0 Å². The van der Waals surface area contributed by atoms with Gasteiger partial charge in [0.15, 0.2) is 6.10 Å². The van der Waals surface area contributed by atoms with Gasteiger partial charge in [0, 0.05) is 32.2 Å². The number of ether oxygens (including phenoxy) is 2. The number of hydrogen-bond acceptors (Lipinski definition) is 10. The van der Waals surface area contributed by atoms with Crippen LogP contribution in [0.1, 0.15) is 158 Å². The molecule has 0 saturated carbocycles. The summed E-state index contributed by atoms with van der Waals surface area (Å²) in [4.78, 5) is 35.0. The number of phosphoric acid groups is 1. The number of aliphatic hydroxyl groups is 1. The van der Waals surface area contributed by atoms with Gasteiger partial charge in [-0.25, -0.2) is 4.57 Å². The van der Waals surface area contributed by atoms with Crippen LogP contribution in [0.15, 0.2) is 53.0 Å². The van der Waals surface area contributed by atoms with Crippen LogP contribution < -0.4 is 5.73 Å². The Bertz CT molecular complexity index is 1370. The van der Waals surface area contributed by atoms with Gasteiger partial charge in [0.25, 0.3) is 0 Å². The highest BCUT2D eigenvalue weighted by Crippen LogP contribution is 2.43. The summed E-state index contributed by atoms with van der Waals surface area (Å²) >= 11 is 0. The van der Waals surface area contributed by atoms with Crippen molar-refractivity contribution in [3.8, 4) is 0 Å². The lowest BCUT2D eigenvalue weighted by molar-refractivity contribution is -0.161. The molecule has 0 amide bonds. The van der Waals surface area contributed by atoms with Gasteiger partial charge < -0.3 is 29.6 Å². The molecule has 3 atom stereocenters. The first-order valence-corrected chi connectivity index (χ1v) is 23.1. The van der Waals surface area contributed by atoms with Crippen LogP contribution in [0.25, 0.3) is 0 Å². The summed E-state index contributed by atoms with van der Waals surface area (Å²) in [6, 6.07) is 0. The molecule has 0 saturated heterocycles. The Morgan fingerprint density at radius 1 is 0.737 bits per heavy atom. The van der Waals surface area contributed by atoms with Gasteiger partial charge in [-0.1, -0.05) is 114 Å². The van der Waals surface area contributed by atoms with Crippen molar-refractivity contribution in [1.29, 1.82) is 0 Å². The highest BCUT2D eigenvalue weighted by atomic mass is 31.2. The van der Waals surface area contributed by atoms with Crippen molar-refractivity contribution in [3.05, 3.63) is 71.3 Å². The fraction of sp³-hybridized carbons (Fsp3) is 0.689. The molecule has 1 aromatic heterocycles. The van der Waals surface area contributed by atoms with Crippen molar-refractivity contribution in [1.82, 2.24) is 0 Å². The molecule has 326 valence electrons. The molecule has 0 aromatic carbocycles. The molecule has 0 bridgehead atoms. The van der Waals surface area contributed by atoms with Gasteiger partial charge >= 0.3 is 19.8 Å². The van der Waals surface area contributed by atoms with E-state index in [1.54, 1.807) is 6.08 Å². The molecule has 0 spiro atoms. The number of nitrogens with two attached hydrogens (primary N) is 1. The van der Waals surface area contributed by atoms with Crippen LogP contribution in [0.5, 0.6) is 0 Å². The Morgan fingerprint density at radius 2 is 1.35 bits per heavy atom. The summed E-state index contributed by atoms with van der Waals surface area (Å²) in [5.74, 6) is 1.28. The maximum atomic E-state index is 12.7. The van der Waals surface area contributed by atoms with E-state index in [0.717, 1.165) is 75.7 Å². The van der Waals surface area contributed by atoms with Gasteiger partial charge in [0.05, 0.1) is 19.3 Å². The summed E-state index contributed by atoms with van der Waals surface area (Å²) in [5.41, 5.74) is 7.92. The Hall–Kier alpha value is -2.79. The van der Waals surface area contributed by atoms with Crippen LogP contribution in [0, 0.1) is 13.8 Å². The molecule has 12 heteroatoms. The largest absolute Gasteiger partial charge is 0.472 e. The standard InChI is InChI=1S/C45H76NO10P/c1-5-7-9-10-12-17-23-28-40(47)29-24-18-13-11-14-20-26-32-44(48)52-36-41(37-54-57(50,51)53-35-34-46)55-45(49)33-27-21-16-15-19-25-31-43-39(4)38(3)42(56-43)30-22-8-6-2/h11-12,14,17-18,23-24,28,40-41,47H,5-10,13,15-16,19-22,25-27,29-37,46H2,1-4H3,(H,50,51)/b14-11+,17-12-,24-18-,28-23-/t40-,41-/m1/s1. The normalized spacial score (nSPS) is 14.3. The van der Waals surface area contributed by atoms with E-state index >= 15 is 0 Å². The summed E-state index contributed by atoms with van der Waals surface area (Å²) in [6.45, 7) is 7.76. The molecular weight excluding hydrogens is 745 g/mol. The molecule has 1 rings (SSSR count). The Balaban J connectivity index is 2.36. The fourth-order valence-electron chi connectivity index (χ4n) is 5.94. The predicted octanol–water partition coefficient (Wildman–Crippen LogP) is 10.6. The number of aliphatic hydroxyl groups excluding tert-OH is 1. The van der Waals surface area contributed by atoms with E-state index in [-0.39, 0.29) is 32.6 Å². The van der Waals surface area contributed by atoms with E-state index in [1.165, 1.54) is 43.2 Å². The molecule has 0 aliphatic heterocycles. The molecule has 0 aliphatic rings. The van der Waals surface area contributed by atoms with Crippen molar-refractivity contribution >= 4 is 19.8 Å². The van der Waals surface area contributed by atoms with Gasteiger partial charge in [-0.15, -0.1) is 0 Å². The third kappa shape index (κ3) is 28.3. The second-order valence-electron chi connectivity index (χ2n) is 14.6. The van der Waals surface area contributed by atoms with Crippen LogP contribution in [0.2, 0.25) is 0 Å². The first-order valence-electron chi connectivity index (χ1n) is 21.6. The molecule has 4 N–H and O–H groups in total. The molecule has 0 aliphatic carbocycles. The first kappa shape index (κ1) is 52.2. The molecule has 1 heterocycles. The van der Waals surface area contributed by atoms with Gasteiger partial charge in [-0.2, -0.15) is 0 Å².